The van der Waals surface area contributed by atoms with Gasteiger partial charge in [-0.3, -0.25) is 4.79 Å². The van der Waals surface area contributed by atoms with E-state index in [4.69, 9.17) is 16.2 Å². The third-order valence-electron chi connectivity index (χ3n) is 6.81. The van der Waals surface area contributed by atoms with Gasteiger partial charge in [0.25, 0.3) is 0 Å². The summed E-state index contributed by atoms with van der Waals surface area (Å²) >= 11 is 0. The molecule has 4 atom stereocenters. The maximum Gasteiger partial charge on any atom is 0.223 e. The van der Waals surface area contributed by atoms with E-state index in [1.54, 1.807) is 6.07 Å². The number of amides is 1. The number of nitriles is 1. The number of hydrogen-bond donors (Lipinski definition) is 4. The summed E-state index contributed by atoms with van der Waals surface area (Å²) < 4.78 is 5.42. The molecule has 0 unspecified atom stereocenters. The molecule has 9 heteroatoms. The number of pyridine rings is 1. The Hall–Kier alpha value is -3.77. The van der Waals surface area contributed by atoms with Crippen molar-refractivity contribution in [1.29, 1.82) is 5.26 Å². The van der Waals surface area contributed by atoms with E-state index in [1.165, 1.54) is 6.20 Å². The molecule has 1 aromatic heterocycles. The van der Waals surface area contributed by atoms with Crippen LogP contribution in [0.25, 0.3) is 0 Å². The lowest BCUT2D eigenvalue weighted by Crippen LogP contribution is -2.41. The second-order valence-electron chi connectivity index (χ2n) is 8.77. The van der Waals surface area contributed by atoms with Crippen LogP contribution in [0.5, 0.6) is 0 Å². The van der Waals surface area contributed by atoms with Gasteiger partial charge >= 0.3 is 0 Å². The highest BCUT2D eigenvalue weighted by Gasteiger charge is 2.47. The van der Waals surface area contributed by atoms with Crippen LogP contribution in [-0.4, -0.2) is 43.2 Å². The molecule has 6 N–H and O–H groups in total. The van der Waals surface area contributed by atoms with Gasteiger partial charge in [0.1, 0.15) is 11.9 Å². The summed E-state index contributed by atoms with van der Waals surface area (Å²) in [6.45, 7) is 3.09. The number of anilines is 5. The topological polar surface area (TPSA) is 142 Å². The van der Waals surface area contributed by atoms with E-state index in [0.717, 1.165) is 30.9 Å². The molecule has 2 bridgehead atoms. The second-order valence-corrected chi connectivity index (χ2v) is 8.77. The molecule has 0 spiro atoms. The molecule has 3 aliphatic rings. The quantitative estimate of drug-likeness (QED) is 0.392. The number of allylic oxidation sites excluding steroid dienone is 1. The van der Waals surface area contributed by atoms with Crippen LogP contribution < -0.4 is 27.0 Å². The van der Waals surface area contributed by atoms with Gasteiger partial charge < -0.3 is 31.7 Å². The van der Waals surface area contributed by atoms with Gasteiger partial charge in [-0.15, -0.1) is 0 Å². The summed E-state index contributed by atoms with van der Waals surface area (Å²) in [6.07, 6.45) is 6.62. The molecule has 1 saturated carbocycles. The highest BCUT2D eigenvalue weighted by atomic mass is 16.5. The van der Waals surface area contributed by atoms with Crippen molar-refractivity contribution < 1.29 is 9.53 Å². The summed E-state index contributed by atoms with van der Waals surface area (Å²) in [7, 11) is 0. The first-order valence-electron chi connectivity index (χ1n) is 11.2. The molecular formula is C24H27N7O2. The minimum atomic E-state index is -0.316. The number of fused-ring (bicyclic) bond motifs is 2. The van der Waals surface area contributed by atoms with Crippen molar-refractivity contribution in [3.8, 4) is 6.07 Å². The lowest BCUT2D eigenvalue weighted by molar-refractivity contribution is -0.122. The van der Waals surface area contributed by atoms with Gasteiger partial charge in [-0.1, -0.05) is 12.2 Å². The van der Waals surface area contributed by atoms with Crippen molar-refractivity contribution >= 4 is 34.5 Å². The van der Waals surface area contributed by atoms with Crippen LogP contribution in [0.1, 0.15) is 12.0 Å². The molecule has 1 saturated heterocycles. The first kappa shape index (κ1) is 21.1. The Balaban J connectivity index is 1.36. The summed E-state index contributed by atoms with van der Waals surface area (Å²) in [5.41, 5.74) is 15.4. The molecule has 33 heavy (non-hydrogen) atoms. The highest BCUT2D eigenvalue weighted by Crippen LogP contribution is 2.45. The number of carbonyl (C=O) groups excluding carboxylic acids is 1. The van der Waals surface area contributed by atoms with E-state index in [9.17, 15) is 10.1 Å². The number of nitrogen functional groups attached to an aromatic ring is 1. The average Bonchev–Trinajstić information content (AvgIpc) is 3.43. The third-order valence-corrected chi connectivity index (χ3v) is 6.81. The molecule has 0 radical (unpaired) electrons. The normalized spacial score (nSPS) is 25.6. The van der Waals surface area contributed by atoms with Crippen molar-refractivity contribution in [1.82, 2.24) is 4.98 Å². The van der Waals surface area contributed by atoms with Crippen LogP contribution in [0.4, 0.5) is 28.6 Å². The molecule has 1 aromatic carbocycles. The molecule has 1 amide bonds. The van der Waals surface area contributed by atoms with Gasteiger partial charge in [-0.05, 0) is 36.5 Å². The largest absolute Gasteiger partial charge is 0.397 e. The predicted octanol–water partition coefficient (Wildman–Crippen LogP) is 2.20. The van der Waals surface area contributed by atoms with Crippen molar-refractivity contribution in [3.63, 3.8) is 0 Å². The number of nitrogens with one attached hydrogen (secondary N) is 2. The average molecular weight is 446 g/mol. The fraction of sp³-hybridized carbons (Fsp3) is 0.375. The number of carbonyl (C=O) groups is 1. The number of benzene rings is 1. The van der Waals surface area contributed by atoms with E-state index in [2.05, 4.69) is 38.7 Å². The molecule has 9 nitrogen and oxygen atoms in total. The number of hydrogen-bond acceptors (Lipinski definition) is 8. The van der Waals surface area contributed by atoms with Crippen molar-refractivity contribution in [2.24, 2.45) is 23.5 Å². The number of morpholine rings is 1. The minimum Gasteiger partial charge on any atom is -0.397 e. The maximum atomic E-state index is 12.1. The van der Waals surface area contributed by atoms with Gasteiger partial charge in [0.15, 0.2) is 0 Å². The summed E-state index contributed by atoms with van der Waals surface area (Å²) in [4.78, 5) is 18.7. The van der Waals surface area contributed by atoms with E-state index in [1.807, 2.05) is 18.2 Å². The number of primary amides is 1. The summed E-state index contributed by atoms with van der Waals surface area (Å²) in [6, 6.07) is 9.70. The van der Waals surface area contributed by atoms with E-state index >= 15 is 0 Å². The molecule has 170 valence electrons. The molecule has 1 aliphatic heterocycles. The zero-order valence-corrected chi connectivity index (χ0v) is 18.2. The SMILES string of the molecule is N#Cc1cnc(Nc2ccc(N3CCOCC3)cc2N)cc1N[C@H]1[C@@H](C(N)=O)[C@@H]2C=C[C@H]1C2. The molecule has 2 aromatic rings. The van der Waals surface area contributed by atoms with Crippen LogP contribution in [-0.2, 0) is 9.53 Å². The van der Waals surface area contributed by atoms with Crippen molar-refractivity contribution in [2.45, 2.75) is 12.5 Å². The Morgan fingerprint density at radius 3 is 2.70 bits per heavy atom. The van der Waals surface area contributed by atoms with Crippen LogP contribution in [0.3, 0.4) is 0 Å². The number of aromatic nitrogens is 1. The zero-order chi connectivity index (χ0) is 22.9. The summed E-state index contributed by atoms with van der Waals surface area (Å²) in [5.74, 6) is 0.311. The summed E-state index contributed by atoms with van der Waals surface area (Å²) in [5, 5.41) is 16.3. The van der Waals surface area contributed by atoms with Crippen molar-refractivity contribution in [2.75, 3.05) is 47.6 Å². The lowest BCUT2D eigenvalue weighted by atomic mass is 9.88. The Morgan fingerprint density at radius 2 is 1.97 bits per heavy atom. The van der Waals surface area contributed by atoms with Crippen LogP contribution in [0.2, 0.25) is 0 Å². The molecule has 2 fully saturated rings. The number of nitrogens with two attached hydrogens (primary N) is 2. The van der Waals surface area contributed by atoms with Gasteiger partial charge in [0.05, 0.1) is 41.8 Å². The Labute approximate surface area is 192 Å². The van der Waals surface area contributed by atoms with Gasteiger partial charge in [0.2, 0.25) is 5.91 Å². The van der Waals surface area contributed by atoms with Gasteiger partial charge in [-0.2, -0.15) is 5.26 Å². The fourth-order valence-corrected chi connectivity index (χ4v) is 5.14. The van der Waals surface area contributed by atoms with E-state index < -0.39 is 0 Å². The first-order chi connectivity index (χ1) is 16.0. The molecule has 5 rings (SSSR count). The van der Waals surface area contributed by atoms with Crippen LogP contribution in [0.15, 0.2) is 42.6 Å². The minimum absolute atomic E-state index is 0.141. The van der Waals surface area contributed by atoms with Crippen LogP contribution >= 0.6 is 0 Å². The Kier molecular flexibility index (Phi) is 5.52. The smallest absolute Gasteiger partial charge is 0.223 e. The lowest BCUT2D eigenvalue weighted by Gasteiger charge is -2.29. The maximum absolute atomic E-state index is 12.1. The monoisotopic (exact) mass is 445 g/mol. The first-order valence-corrected chi connectivity index (χ1v) is 11.2. The predicted molar refractivity (Wildman–Crippen MR) is 127 cm³/mol. The standard InChI is InChI=1S/C24H27N7O2/c25-12-16-13-28-21(11-20(16)30-23-15-2-1-14(9-15)22(23)24(27)32)29-19-4-3-17(10-18(19)26)31-5-7-33-8-6-31/h1-4,10-11,13-15,22-23H,5-9,26H2,(H2,27,32)(H2,28,29,30)/t14-,15+,22+,23-/m1/s1. The van der Waals surface area contributed by atoms with Gasteiger partial charge in [0, 0.05) is 37.1 Å². The van der Waals surface area contributed by atoms with Crippen molar-refractivity contribution in [3.05, 3.63) is 48.2 Å². The third kappa shape index (κ3) is 4.05. The Bertz CT molecular complexity index is 1140. The number of nitrogens with zero attached hydrogens (tertiary/aromatic N) is 3. The second kappa shape index (κ2) is 8.64. The van der Waals surface area contributed by atoms with E-state index in [-0.39, 0.29) is 29.7 Å². The molecule has 2 aliphatic carbocycles. The van der Waals surface area contributed by atoms with Crippen LogP contribution in [0, 0.1) is 29.1 Å². The number of rotatable bonds is 6. The molecular weight excluding hydrogens is 418 g/mol. The molecule has 2 heterocycles. The Morgan fingerprint density at radius 1 is 1.18 bits per heavy atom. The highest BCUT2D eigenvalue weighted by molar-refractivity contribution is 5.80. The van der Waals surface area contributed by atoms with E-state index in [0.29, 0.717) is 36.0 Å². The fourth-order valence-electron chi connectivity index (χ4n) is 5.14. The number of ether oxygens (including phenoxy) is 1. The zero-order valence-electron chi connectivity index (χ0n) is 18.2. The van der Waals surface area contributed by atoms with Gasteiger partial charge in [-0.25, -0.2) is 4.98 Å².